The quantitative estimate of drug-likeness (QED) is 0.673. The number of nitrogens with one attached hydrogen (secondary N) is 1. The molecular weight excluding hydrogens is 316 g/mol. The summed E-state index contributed by atoms with van der Waals surface area (Å²) in [5, 5.41) is 7.98. The van der Waals surface area contributed by atoms with Crippen LogP contribution < -0.4 is 15.2 Å². The van der Waals surface area contributed by atoms with E-state index in [0.717, 1.165) is 25.7 Å². The van der Waals surface area contributed by atoms with E-state index < -0.39 is 10.0 Å². The summed E-state index contributed by atoms with van der Waals surface area (Å²) in [5.74, 6) is -0.0524. The second-order valence-electron chi connectivity index (χ2n) is 5.63. The van der Waals surface area contributed by atoms with Gasteiger partial charge in [-0.05, 0) is 31.5 Å². The Kier molecular flexibility index (Phi) is 7.51. The van der Waals surface area contributed by atoms with Crippen LogP contribution in [0.25, 0.3) is 0 Å². The molecule has 0 aliphatic rings. The lowest BCUT2D eigenvalue weighted by atomic mass is 10.1. The highest BCUT2D eigenvalue weighted by molar-refractivity contribution is 7.89. The van der Waals surface area contributed by atoms with E-state index in [0.29, 0.717) is 5.75 Å². The molecule has 0 heterocycles. The van der Waals surface area contributed by atoms with Crippen molar-refractivity contribution in [3.05, 3.63) is 23.8 Å². The molecule has 0 fully saturated rings. The highest BCUT2D eigenvalue weighted by atomic mass is 32.2. The molecule has 0 unspecified atom stereocenters. The van der Waals surface area contributed by atoms with Crippen LogP contribution in [0.4, 0.5) is 0 Å². The fraction of sp³-hybridized carbons (Fsp3) is 0.562. The first-order valence-electron chi connectivity index (χ1n) is 7.81. The molecule has 6 nitrogen and oxygen atoms in total. The van der Waals surface area contributed by atoms with Gasteiger partial charge < -0.3 is 10.1 Å². The fourth-order valence-electron chi connectivity index (χ4n) is 2.29. The summed E-state index contributed by atoms with van der Waals surface area (Å²) in [7, 11) is -2.44. The molecule has 1 amide bonds. The van der Waals surface area contributed by atoms with E-state index >= 15 is 0 Å². The van der Waals surface area contributed by atoms with Crippen molar-refractivity contribution in [2.45, 2.75) is 56.9 Å². The lowest BCUT2D eigenvalue weighted by Gasteiger charge is -2.15. The largest absolute Gasteiger partial charge is 0.496 e. The average Bonchev–Trinajstić information content (AvgIpc) is 2.50. The van der Waals surface area contributed by atoms with Gasteiger partial charge in [0.15, 0.2) is 0 Å². The van der Waals surface area contributed by atoms with Crippen molar-refractivity contribution in [2.75, 3.05) is 7.11 Å². The van der Waals surface area contributed by atoms with Gasteiger partial charge in [-0.1, -0.05) is 32.6 Å². The second kappa shape index (κ2) is 8.88. The minimum atomic E-state index is -3.87. The number of hydrogen-bond acceptors (Lipinski definition) is 4. The van der Waals surface area contributed by atoms with Crippen LogP contribution in [0, 0.1) is 0 Å². The number of carbonyl (C=O) groups is 1. The maximum Gasteiger partial charge on any atom is 0.255 e. The minimum Gasteiger partial charge on any atom is -0.496 e. The third kappa shape index (κ3) is 6.19. The zero-order chi connectivity index (χ0) is 17.5. The van der Waals surface area contributed by atoms with E-state index in [9.17, 15) is 13.2 Å². The van der Waals surface area contributed by atoms with E-state index in [4.69, 9.17) is 9.88 Å². The molecule has 1 rings (SSSR count). The SMILES string of the molecule is CCCCCC[C@@H](C)NC(=O)c1cc(S(N)(=O)=O)ccc1OC. The van der Waals surface area contributed by atoms with Gasteiger partial charge in [-0.25, -0.2) is 13.6 Å². The summed E-state index contributed by atoms with van der Waals surface area (Å²) in [6, 6.07) is 4.00. The number of unbranched alkanes of at least 4 members (excludes halogenated alkanes) is 3. The number of hydrogen-bond donors (Lipinski definition) is 2. The Morgan fingerprint density at radius 1 is 1.30 bits per heavy atom. The first kappa shape index (κ1) is 19.4. The normalized spacial score (nSPS) is 12.7. The van der Waals surface area contributed by atoms with E-state index in [2.05, 4.69) is 12.2 Å². The summed E-state index contributed by atoms with van der Waals surface area (Å²) < 4.78 is 28.0. The van der Waals surface area contributed by atoms with E-state index in [1.54, 1.807) is 0 Å². The smallest absolute Gasteiger partial charge is 0.255 e. The lowest BCUT2D eigenvalue weighted by Crippen LogP contribution is -2.33. The van der Waals surface area contributed by atoms with Crippen LogP contribution >= 0.6 is 0 Å². The molecule has 23 heavy (non-hydrogen) atoms. The number of rotatable bonds is 9. The van der Waals surface area contributed by atoms with Crippen molar-refractivity contribution in [3.63, 3.8) is 0 Å². The number of benzene rings is 1. The third-order valence-corrected chi connectivity index (χ3v) is 4.52. The van der Waals surface area contributed by atoms with Crippen molar-refractivity contribution in [2.24, 2.45) is 5.14 Å². The standard InChI is InChI=1S/C16H26N2O4S/c1-4-5-6-7-8-12(2)18-16(19)14-11-13(23(17,20)21)9-10-15(14)22-3/h9-12H,4-8H2,1-3H3,(H,18,19)(H2,17,20,21)/t12-/m1/s1. The van der Waals surface area contributed by atoms with Gasteiger partial charge in [-0.15, -0.1) is 0 Å². The maximum absolute atomic E-state index is 12.4. The van der Waals surface area contributed by atoms with Gasteiger partial charge in [0.25, 0.3) is 5.91 Å². The van der Waals surface area contributed by atoms with E-state index in [1.165, 1.54) is 31.7 Å². The molecule has 0 aromatic heterocycles. The van der Waals surface area contributed by atoms with Crippen LogP contribution in [0.2, 0.25) is 0 Å². The highest BCUT2D eigenvalue weighted by Gasteiger charge is 2.18. The first-order chi connectivity index (χ1) is 10.8. The van der Waals surface area contributed by atoms with Gasteiger partial charge in [0, 0.05) is 6.04 Å². The Morgan fingerprint density at radius 2 is 2.00 bits per heavy atom. The molecule has 130 valence electrons. The summed E-state index contributed by atoms with van der Waals surface area (Å²) in [4.78, 5) is 12.3. The zero-order valence-corrected chi connectivity index (χ0v) is 14.8. The van der Waals surface area contributed by atoms with Crippen LogP contribution in [0.1, 0.15) is 56.3 Å². The number of ether oxygens (including phenoxy) is 1. The van der Waals surface area contributed by atoms with Crippen LogP contribution in [-0.2, 0) is 10.0 Å². The van der Waals surface area contributed by atoms with Gasteiger partial charge >= 0.3 is 0 Å². The molecule has 0 aliphatic carbocycles. The first-order valence-corrected chi connectivity index (χ1v) is 9.36. The molecule has 0 radical (unpaired) electrons. The molecule has 7 heteroatoms. The van der Waals surface area contributed by atoms with Gasteiger partial charge in [0.2, 0.25) is 10.0 Å². The van der Waals surface area contributed by atoms with Gasteiger partial charge in [-0.3, -0.25) is 4.79 Å². The molecular formula is C16H26N2O4S. The summed E-state index contributed by atoms with van der Waals surface area (Å²) >= 11 is 0. The number of primary sulfonamides is 1. The molecule has 0 aliphatic heterocycles. The number of carbonyl (C=O) groups excluding carboxylic acids is 1. The van der Waals surface area contributed by atoms with Crippen molar-refractivity contribution in [1.29, 1.82) is 0 Å². The average molecular weight is 342 g/mol. The molecule has 1 aromatic carbocycles. The monoisotopic (exact) mass is 342 g/mol. The van der Waals surface area contributed by atoms with Crippen molar-refractivity contribution >= 4 is 15.9 Å². The second-order valence-corrected chi connectivity index (χ2v) is 7.19. The van der Waals surface area contributed by atoms with E-state index in [1.807, 2.05) is 6.92 Å². The number of nitrogens with two attached hydrogens (primary N) is 1. The van der Waals surface area contributed by atoms with Crippen LogP contribution in [0.15, 0.2) is 23.1 Å². The summed E-state index contributed by atoms with van der Waals surface area (Å²) in [5.41, 5.74) is 0.166. The zero-order valence-electron chi connectivity index (χ0n) is 14.0. The number of amides is 1. The van der Waals surface area contributed by atoms with Gasteiger partial charge in [0.05, 0.1) is 17.6 Å². The molecule has 0 spiro atoms. The Hall–Kier alpha value is -1.60. The Morgan fingerprint density at radius 3 is 2.57 bits per heavy atom. The van der Waals surface area contributed by atoms with E-state index in [-0.39, 0.29) is 22.4 Å². The Labute approximate surface area is 138 Å². The number of methoxy groups -OCH3 is 1. The van der Waals surface area contributed by atoms with Crippen molar-refractivity contribution < 1.29 is 17.9 Å². The molecule has 1 aromatic rings. The Bertz CT molecular complexity index is 629. The van der Waals surface area contributed by atoms with Gasteiger partial charge in [0.1, 0.15) is 5.75 Å². The number of sulfonamides is 1. The molecule has 1 atom stereocenters. The van der Waals surface area contributed by atoms with Crippen LogP contribution in [-0.4, -0.2) is 27.5 Å². The predicted octanol–water partition coefficient (Wildman–Crippen LogP) is 2.43. The minimum absolute atomic E-state index is 0.00204. The molecule has 0 saturated carbocycles. The third-order valence-electron chi connectivity index (χ3n) is 3.61. The molecule has 0 bridgehead atoms. The van der Waals surface area contributed by atoms with Crippen LogP contribution in [0.3, 0.4) is 0 Å². The maximum atomic E-state index is 12.4. The van der Waals surface area contributed by atoms with Crippen molar-refractivity contribution in [1.82, 2.24) is 5.32 Å². The van der Waals surface area contributed by atoms with Crippen LogP contribution in [0.5, 0.6) is 5.75 Å². The van der Waals surface area contributed by atoms with Crippen molar-refractivity contribution in [3.8, 4) is 5.75 Å². The lowest BCUT2D eigenvalue weighted by molar-refractivity contribution is 0.0934. The van der Waals surface area contributed by atoms with Gasteiger partial charge in [-0.2, -0.15) is 0 Å². The Balaban J connectivity index is 2.81. The summed E-state index contributed by atoms with van der Waals surface area (Å²) in [6.45, 7) is 4.08. The molecule has 0 saturated heterocycles. The fourth-order valence-corrected chi connectivity index (χ4v) is 2.83. The molecule has 3 N–H and O–H groups in total. The highest BCUT2D eigenvalue weighted by Crippen LogP contribution is 2.22. The summed E-state index contributed by atoms with van der Waals surface area (Å²) in [6.07, 6.45) is 5.41. The predicted molar refractivity (Wildman–Crippen MR) is 90.1 cm³/mol. The topological polar surface area (TPSA) is 98.5 Å².